The highest BCUT2D eigenvalue weighted by Gasteiger charge is 2.36. The fourth-order valence-electron chi connectivity index (χ4n) is 4.08. The van der Waals surface area contributed by atoms with Crippen molar-refractivity contribution in [3.63, 3.8) is 0 Å². The van der Waals surface area contributed by atoms with Gasteiger partial charge in [-0.05, 0) is 49.4 Å². The van der Waals surface area contributed by atoms with Gasteiger partial charge in [-0.15, -0.1) is 0 Å². The number of Topliss-reactive ketones (excluding diaryl/α,β-unsaturated/α-hetero) is 1. The van der Waals surface area contributed by atoms with E-state index in [0.29, 0.717) is 41.8 Å². The predicted octanol–water partition coefficient (Wildman–Crippen LogP) is 3.27. The van der Waals surface area contributed by atoms with Crippen LogP contribution in [0.3, 0.4) is 0 Å². The number of rotatable bonds is 4. The van der Waals surface area contributed by atoms with Gasteiger partial charge in [-0.2, -0.15) is 5.10 Å². The van der Waals surface area contributed by atoms with E-state index in [2.05, 4.69) is 10.4 Å². The van der Waals surface area contributed by atoms with Gasteiger partial charge < -0.3 is 19.5 Å². The van der Waals surface area contributed by atoms with Crippen LogP contribution in [0.1, 0.15) is 34.0 Å². The Morgan fingerprint density at radius 1 is 1.13 bits per heavy atom. The molecule has 1 aromatic heterocycles. The van der Waals surface area contributed by atoms with Gasteiger partial charge in [-0.1, -0.05) is 0 Å². The zero-order valence-corrected chi connectivity index (χ0v) is 17.2. The lowest BCUT2D eigenvalue weighted by atomic mass is 9.85. The van der Waals surface area contributed by atoms with E-state index in [1.54, 1.807) is 30.0 Å². The normalized spacial score (nSPS) is 17.0. The molecule has 0 radical (unpaired) electrons. The number of anilines is 1. The second kappa shape index (κ2) is 7.46. The maximum atomic E-state index is 13.4. The zero-order valence-electron chi connectivity index (χ0n) is 17.2. The zero-order chi connectivity index (χ0) is 21.5. The van der Waals surface area contributed by atoms with Crippen molar-refractivity contribution >= 4 is 17.5 Å². The maximum Gasteiger partial charge on any atom is 0.226 e. The molecule has 1 atom stereocenters. The fourth-order valence-corrected chi connectivity index (χ4v) is 4.08. The van der Waals surface area contributed by atoms with Gasteiger partial charge in [-0.3, -0.25) is 9.59 Å². The second-order valence-corrected chi connectivity index (χ2v) is 7.49. The van der Waals surface area contributed by atoms with E-state index >= 15 is 0 Å². The number of methoxy groups -OCH3 is 1. The molecule has 2 aliphatic heterocycles. The van der Waals surface area contributed by atoms with Crippen LogP contribution in [0, 0.1) is 6.92 Å². The number of carbonyl (C=O) groups excluding carboxylic acids is 2. The first kappa shape index (κ1) is 19.2. The summed E-state index contributed by atoms with van der Waals surface area (Å²) in [7, 11) is 1.60. The summed E-state index contributed by atoms with van der Waals surface area (Å²) in [4.78, 5) is 26.0. The van der Waals surface area contributed by atoms with Gasteiger partial charge in [0, 0.05) is 17.5 Å². The molecule has 0 bridgehead atoms. The second-order valence-electron chi connectivity index (χ2n) is 7.49. The Bertz CT molecular complexity index is 1180. The van der Waals surface area contributed by atoms with Crippen molar-refractivity contribution < 1.29 is 23.8 Å². The number of carbonyl (C=O) groups is 2. The molecule has 0 saturated carbocycles. The van der Waals surface area contributed by atoms with E-state index in [1.807, 2.05) is 31.2 Å². The van der Waals surface area contributed by atoms with Crippen LogP contribution in [0.2, 0.25) is 0 Å². The summed E-state index contributed by atoms with van der Waals surface area (Å²) < 4.78 is 18.0. The number of aromatic nitrogens is 2. The van der Waals surface area contributed by atoms with Crippen molar-refractivity contribution in [3.05, 3.63) is 59.3 Å². The van der Waals surface area contributed by atoms with Gasteiger partial charge in [0.2, 0.25) is 5.91 Å². The summed E-state index contributed by atoms with van der Waals surface area (Å²) in [6.45, 7) is 2.77. The average Bonchev–Trinajstić information content (AvgIpc) is 3.13. The molecule has 1 N–H and O–H groups in total. The van der Waals surface area contributed by atoms with E-state index in [1.165, 1.54) is 0 Å². The van der Waals surface area contributed by atoms with E-state index < -0.39 is 5.92 Å². The first-order valence-electron chi connectivity index (χ1n) is 10.0. The minimum Gasteiger partial charge on any atom is -0.497 e. The molecule has 8 nitrogen and oxygen atoms in total. The van der Waals surface area contributed by atoms with Crippen LogP contribution in [0.25, 0.3) is 5.69 Å². The average molecular weight is 419 g/mol. The van der Waals surface area contributed by atoms with Gasteiger partial charge in [0.25, 0.3) is 0 Å². The highest BCUT2D eigenvalue weighted by Crippen LogP contribution is 2.39. The number of benzene rings is 2. The number of aryl methyl sites for hydroxylation is 1. The molecule has 0 aliphatic carbocycles. The van der Waals surface area contributed by atoms with Gasteiger partial charge in [0.1, 0.15) is 24.8 Å². The van der Waals surface area contributed by atoms with Gasteiger partial charge >= 0.3 is 0 Å². The van der Waals surface area contributed by atoms with Crippen molar-refractivity contribution in [1.29, 1.82) is 0 Å². The van der Waals surface area contributed by atoms with Crippen LogP contribution in [0.5, 0.6) is 17.2 Å². The lowest BCUT2D eigenvalue weighted by Crippen LogP contribution is -2.28. The summed E-state index contributed by atoms with van der Waals surface area (Å²) in [5.74, 6) is 1.41. The summed E-state index contributed by atoms with van der Waals surface area (Å²) in [5.41, 5.74) is 2.67. The SMILES string of the molecule is COc1ccc(-n2nc(C)c3c2NC(=O)CC3C(=O)c2ccc3c(c2)OCCO3)cc1. The summed E-state index contributed by atoms with van der Waals surface area (Å²) in [6.07, 6.45) is 0.0649. The van der Waals surface area contributed by atoms with E-state index in [9.17, 15) is 9.59 Å². The molecule has 31 heavy (non-hydrogen) atoms. The maximum absolute atomic E-state index is 13.4. The number of nitrogens with one attached hydrogen (secondary N) is 1. The first-order valence-corrected chi connectivity index (χ1v) is 10.0. The predicted molar refractivity (Wildman–Crippen MR) is 113 cm³/mol. The minimum absolute atomic E-state index is 0.0649. The highest BCUT2D eigenvalue weighted by atomic mass is 16.6. The standard InChI is InChI=1S/C23H21N3O5/c1-13-21-17(22(28)14-3-8-18-19(11-14)31-10-9-30-18)12-20(27)24-23(21)26(25-13)15-4-6-16(29-2)7-5-15/h3-8,11,17H,9-10,12H2,1-2H3,(H,24,27). The molecular weight excluding hydrogens is 398 g/mol. The molecule has 0 saturated heterocycles. The Balaban J connectivity index is 1.54. The Hall–Kier alpha value is -3.81. The van der Waals surface area contributed by atoms with Gasteiger partial charge in [-0.25, -0.2) is 4.68 Å². The third-order valence-electron chi connectivity index (χ3n) is 5.56. The number of fused-ring (bicyclic) bond motifs is 2. The fraction of sp³-hybridized carbons (Fsp3) is 0.261. The van der Waals surface area contributed by atoms with Crippen molar-refractivity contribution in [2.24, 2.45) is 0 Å². The van der Waals surface area contributed by atoms with Gasteiger partial charge in [0.05, 0.1) is 24.4 Å². The van der Waals surface area contributed by atoms with Gasteiger partial charge in [0.15, 0.2) is 17.3 Å². The van der Waals surface area contributed by atoms with Crippen LogP contribution >= 0.6 is 0 Å². The quantitative estimate of drug-likeness (QED) is 0.653. The molecule has 158 valence electrons. The lowest BCUT2D eigenvalue weighted by molar-refractivity contribution is -0.116. The third-order valence-corrected chi connectivity index (χ3v) is 5.56. The first-order chi connectivity index (χ1) is 15.0. The highest BCUT2D eigenvalue weighted by molar-refractivity contribution is 6.08. The molecule has 0 fully saturated rings. The Morgan fingerprint density at radius 3 is 2.61 bits per heavy atom. The molecule has 1 unspecified atom stereocenters. The number of hydrogen-bond acceptors (Lipinski definition) is 6. The largest absolute Gasteiger partial charge is 0.497 e. The topological polar surface area (TPSA) is 91.7 Å². The smallest absolute Gasteiger partial charge is 0.226 e. The van der Waals surface area contributed by atoms with Crippen LogP contribution in [0.4, 0.5) is 5.82 Å². The molecule has 3 aromatic rings. The molecule has 5 rings (SSSR count). The Morgan fingerprint density at radius 2 is 1.87 bits per heavy atom. The Labute approximate surface area is 178 Å². The summed E-state index contributed by atoms with van der Waals surface area (Å²) in [5, 5.41) is 7.51. The number of amides is 1. The molecule has 0 spiro atoms. The summed E-state index contributed by atoms with van der Waals surface area (Å²) >= 11 is 0. The van der Waals surface area contributed by atoms with E-state index in [-0.39, 0.29) is 18.1 Å². The monoisotopic (exact) mass is 419 g/mol. The molecular formula is C23H21N3O5. The van der Waals surface area contributed by atoms with Crippen LogP contribution < -0.4 is 19.5 Å². The number of ether oxygens (including phenoxy) is 3. The molecule has 2 aromatic carbocycles. The van der Waals surface area contributed by atoms with E-state index in [4.69, 9.17) is 14.2 Å². The third kappa shape index (κ3) is 3.30. The van der Waals surface area contributed by atoms with Crippen molar-refractivity contribution in [2.45, 2.75) is 19.3 Å². The van der Waals surface area contributed by atoms with Crippen LogP contribution in [-0.2, 0) is 4.79 Å². The van der Waals surface area contributed by atoms with Crippen molar-refractivity contribution in [3.8, 4) is 22.9 Å². The number of ketones is 1. The Kier molecular flexibility index (Phi) is 4.62. The van der Waals surface area contributed by atoms with Crippen LogP contribution in [-0.4, -0.2) is 41.8 Å². The molecule has 8 heteroatoms. The molecule has 1 amide bonds. The minimum atomic E-state index is -0.627. The molecule has 2 aliphatic rings. The van der Waals surface area contributed by atoms with Crippen molar-refractivity contribution in [1.82, 2.24) is 9.78 Å². The lowest BCUT2D eigenvalue weighted by Gasteiger charge is -2.24. The van der Waals surface area contributed by atoms with Crippen molar-refractivity contribution in [2.75, 3.05) is 25.6 Å². The number of nitrogens with zero attached hydrogens (tertiary/aromatic N) is 2. The van der Waals surface area contributed by atoms with Crippen LogP contribution in [0.15, 0.2) is 42.5 Å². The van der Waals surface area contributed by atoms with E-state index in [0.717, 1.165) is 17.0 Å². The number of hydrogen-bond donors (Lipinski definition) is 1. The summed E-state index contributed by atoms with van der Waals surface area (Å²) in [6, 6.07) is 12.5. The molecule has 3 heterocycles.